The highest BCUT2D eigenvalue weighted by Crippen LogP contribution is 2.33. The summed E-state index contributed by atoms with van der Waals surface area (Å²) in [5.41, 5.74) is 0.168. The standard InChI is InChI=1S/C26H26N2O9S/c1-34-22-11-10-20(15-23(22)35-2)28(38(32,33)21-8-6-5-7-9-21)16-24(29)27-19-13-17(25(30)36-3)12-18(14-19)26(31)37-4/h5-15H,16H2,1-4H3,(H,27,29). The average Bonchev–Trinajstić information content (AvgIpc) is 2.94. The fourth-order valence-electron chi connectivity index (χ4n) is 3.52. The third-order valence-corrected chi connectivity index (χ3v) is 7.12. The Kier molecular flexibility index (Phi) is 8.92. The quantitative estimate of drug-likeness (QED) is 0.383. The van der Waals surface area contributed by atoms with E-state index in [9.17, 15) is 22.8 Å². The number of carbonyl (C=O) groups is 3. The number of esters is 2. The number of ether oxygens (including phenoxy) is 4. The van der Waals surface area contributed by atoms with Crippen LogP contribution in [-0.4, -0.2) is 61.2 Å². The molecule has 0 aromatic heterocycles. The van der Waals surface area contributed by atoms with Crippen LogP contribution >= 0.6 is 0 Å². The van der Waals surface area contributed by atoms with Crippen LogP contribution in [0.15, 0.2) is 71.6 Å². The summed E-state index contributed by atoms with van der Waals surface area (Å²) in [7, 11) is 0.965. The number of rotatable bonds is 10. The number of anilines is 2. The highest BCUT2D eigenvalue weighted by atomic mass is 32.2. The third kappa shape index (κ3) is 6.21. The summed E-state index contributed by atoms with van der Waals surface area (Å²) in [5.74, 6) is -1.62. The van der Waals surface area contributed by atoms with E-state index in [1.54, 1.807) is 18.2 Å². The molecule has 0 aliphatic heterocycles. The van der Waals surface area contributed by atoms with Crippen molar-refractivity contribution in [3.05, 3.63) is 77.9 Å². The molecule has 3 rings (SSSR count). The van der Waals surface area contributed by atoms with Gasteiger partial charge in [0.1, 0.15) is 6.54 Å². The van der Waals surface area contributed by atoms with Gasteiger partial charge in [-0.05, 0) is 42.5 Å². The molecule has 0 aliphatic carbocycles. The van der Waals surface area contributed by atoms with Gasteiger partial charge in [-0.15, -0.1) is 0 Å². The second kappa shape index (κ2) is 12.1. The van der Waals surface area contributed by atoms with Gasteiger partial charge in [0.05, 0.1) is 50.1 Å². The van der Waals surface area contributed by atoms with Crippen LogP contribution in [0.2, 0.25) is 0 Å². The third-order valence-electron chi connectivity index (χ3n) is 5.33. The van der Waals surface area contributed by atoms with Gasteiger partial charge < -0.3 is 24.3 Å². The SMILES string of the molecule is COC(=O)c1cc(NC(=O)CN(c2ccc(OC)c(OC)c2)S(=O)(=O)c2ccccc2)cc(C(=O)OC)c1. The molecule has 0 aliphatic rings. The highest BCUT2D eigenvalue weighted by Gasteiger charge is 2.28. The Balaban J connectivity index is 2.02. The van der Waals surface area contributed by atoms with E-state index in [0.29, 0.717) is 5.75 Å². The molecule has 38 heavy (non-hydrogen) atoms. The highest BCUT2D eigenvalue weighted by molar-refractivity contribution is 7.92. The van der Waals surface area contributed by atoms with Crippen molar-refractivity contribution in [1.29, 1.82) is 0 Å². The van der Waals surface area contributed by atoms with E-state index < -0.39 is 34.4 Å². The second-order valence-corrected chi connectivity index (χ2v) is 9.56. The van der Waals surface area contributed by atoms with Crippen molar-refractivity contribution in [3.63, 3.8) is 0 Å². The van der Waals surface area contributed by atoms with Crippen LogP contribution in [0.1, 0.15) is 20.7 Å². The molecule has 0 spiro atoms. The number of benzene rings is 3. The molecule has 12 heteroatoms. The zero-order chi connectivity index (χ0) is 27.9. The summed E-state index contributed by atoms with van der Waals surface area (Å²) in [6.07, 6.45) is 0. The van der Waals surface area contributed by atoms with E-state index in [1.165, 1.54) is 77.0 Å². The van der Waals surface area contributed by atoms with Gasteiger partial charge in [0.25, 0.3) is 10.0 Å². The minimum absolute atomic E-state index is 0.0145. The van der Waals surface area contributed by atoms with E-state index in [1.807, 2.05) is 0 Å². The molecule has 3 aromatic carbocycles. The van der Waals surface area contributed by atoms with Gasteiger partial charge in [0.15, 0.2) is 11.5 Å². The average molecular weight is 543 g/mol. The smallest absolute Gasteiger partial charge is 0.337 e. The predicted octanol–water partition coefficient (Wildman–Crippen LogP) is 3.11. The van der Waals surface area contributed by atoms with Crippen molar-refractivity contribution in [3.8, 4) is 11.5 Å². The minimum Gasteiger partial charge on any atom is -0.493 e. The Morgan fingerprint density at radius 3 is 1.87 bits per heavy atom. The van der Waals surface area contributed by atoms with Crippen molar-refractivity contribution < 1.29 is 41.7 Å². The van der Waals surface area contributed by atoms with Gasteiger partial charge in [-0.2, -0.15) is 0 Å². The molecule has 3 aromatic rings. The number of nitrogens with zero attached hydrogens (tertiary/aromatic N) is 1. The minimum atomic E-state index is -4.21. The van der Waals surface area contributed by atoms with Crippen LogP contribution in [-0.2, 0) is 24.3 Å². The first-order chi connectivity index (χ1) is 18.1. The van der Waals surface area contributed by atoms with Gasteiger partial charge in [0.2, 0.25) is 5.91 Å². The van der Waals surface area contributed by atoms with E-state index in [4.69, 9.17) is 18.9 Å². The van der Waals surface area contributed by atoms with Gasteiger partial charge in [0, 0.05) is 11.8 Å². The lowest BCUT2D eigenvalue weighted by Gasteiger charge is -2.25. The fraction of sp³-hybridized carbons (Fsp3) is 0.192. The molecule has 0 heterocycles. The van der Waals surface area contributed by atoms with E-state index in [0.717, 1.165) is 4.31 Å². The first kappa shape index (κ1) is 28.0. The molecule has 0 saturated carbocycles. The molecular weight excluding hydrogens is 516 g/mol. The maximum Gasteiger partial charge on any atom is 0.337 e. The summed E-state index contributed by atoms with van der Waals surface area (Å²) in [6.45, 7) is -0.650. The summed E-state index contributed by atoms with van der Waals surface area (Å²) in [6, 6.07) is 15.9. The monoisotopic (exact) mass is 542 g/mol. The number of amides is 1. The van der Waals surface area contributed by atoms with Gasteiger partial charge in [-0.1, -0.05) is 18.2 Å². The number of carbonyl (C=O) groups excluding carboxylic acids is 3. The lowest BCUT2D eigenvalue weighted by Crippen LogP contribution is -2.38. The number of hydrogen-bond donors (Lipinski definition) is 1. The predicted molar refractivity (Wildman–Crippen MR) is 138 cm³/mol. The van der Waals surface area contributed by atoms with Gasteiger partial charge in [-0.3, -0.25) is 9.10 Å². The van der Waals surface area contributed by atoms with Crippen molar-refractivity contribution >= 4 is 39.2 Å². The van der Waals surface area contributed by atoms with E-state index in [2.05, 4.69) is 5.32 Å². The Labute approximate surface area is 219 Å². The van der Waals surface area contributed by atoms with Crippen LogP contribution < -0.4 is 19.1 Å². The van der Waals surface area contributed by atoms with Gasteiger partial charge >= 0.3 is 11.9 Å². The van der Waals surface area contributed by atoms with Crippen molar-refractivity contribution in [2.75, 3.05) is 44.6 Å². The summed E-state index contributed by atoms with van der Waals surface area (Å²) in [5, 5.41) is 2.54. The van der Waals surface area contributed by atoms with Crippen LogP contribution in [0, 0.1) is 0 Å². The molecule has 0 saturated heterocycles. The molecule has 200 valence electrons. The molecule has 11 nitrogen and oxygen atoms in total. The largest absolute Gasteiger partial charge is 0.493 e. The maximum absolute atomic E-state index is 13.6. The first-order valence-corrected chi connectivity index (χ1v) is 12.5. The molecule has 1 N–H and O–H groups in total. The summed E-state index contributed by atoms with van der Waals surface area (Å²) in [4.78, 5) is 37.3. The van der Waals surface area contributed by atoms with Crippen LogP contribution in [0.4, 0.5) is 11.4 Å². The van der Waals surface area contributed by atoms with Gasteiger partial charge in [-0.25, -0.2) is 18.0 Å². The molecule has 0 atom stereocenters. The lowest BCUT2D eigenvalue weighted by atomic mass is 10.1. The Morgan fingerprint density at radius 2 is 1.34 bits per heavy atom. The number of sulfonamides is 1. The van der Waals surface area contributed by atoms with Crippen molar-refractivity contribution in [1.82, 2.24) is 0 Å². The molecule has 0 bridgehead atoms. The van der Waals surface area contributed by atoms with Crippen molar-refractivity contribution in [2.24, 2.45) is 0 Å². The molecular formula is C26H26N2O9S. The molecule has 1 amide bonds. The number of hydrogen-bond acceptors (Lipinski definition) is 9. The van der Waals surface area contributed by atoms with E-state index in [-0.39, 0.29) is 33.1 Å². The topological polar surface area (TPSA) is 138 Å². The molecule has 0 radical (unpaired) electrons. The van der Waals surface area contributed by atoms with Crippen LogP contribution in [0.25, 0.3) is 0 Å². The lowest BCUT2D eigenvalue weighted by molar-refractivity contribution is -0.114. The van der Waals surface area contributed by atoms with Crippen LogP contribution in [0.3, 0.4) is 0 Å². The second-order valence-electron chi connectivity index (χ2n) is 7.69. The fourth-order valence-corrected chi connectivity index (χ4v) is 4.95. The molecule has 0 fully saturated rings. The first-order valence-electron chi connectivity index (χ1n) is 11.1. The van der Waals surface area contributed by atoms with Crippen molar-refractivity contribution in [2.45, 2.75) is 4.90 Å². The van der Waals surface area contributed by atoms with E-state index >= 15 is 0 Å². The Morgan fingerprint density at radius 1 is 0.763 bits per heavy atom. The zero-order valence-electron chi connectivity index (χ0n) is 21.1. The molecule has 0 unspecified atom stereocenters. The normalized spacial score (nSPS) is 10.7. The maximum atomic E-state index is 13.6. The zero-order valence-corrected chi connectivity index (χ0v) is 21.9. The summed E-state index contributed by atoms with van der Waals surface area (Å²) < 4.78 is 48.0. The van der Waals surface area contributed by atoms with Crippen LogP contribution in [0.5, 0.6) is 11.5 Å². The number of methoxy groups -OCH3 is 4. The number of nitrogens with one attached hydrogen (secondary N) is 1. The Hall–Kier alpha value is -4.58. The Bertz CT molecular complexity index is 1410. The summed E-state index contributed by atoms with van der Waals surface area (Å²) >= 11 is 0.